The fraction of sp³-hybridized carbons (Fsp3) is 0.343. The molecule has 1 aliphatic heterocycles. The van der Waals surface area contributed by atoms with Crippen molar-refractivity contribution in [2.75, 3.05) is 51.9 Å². The molecule has 1 aromatic heterocycles. The summed E-state index contributed by atoms with van der Waals surface area (Å²) in [7, 11) is 1.41. The highest BCUT2D eigenvalue weighted by molar-refractivity contribution is 6.48. The summed E-state index contributed by atoms with van der Waals surface area (Å²) in [6.07, 6.45) is 1.53. The minimum absolute atomic E-state index is 0.148. The number of nitrogens with one attached hydrogen (secondary N) is 2. The first-order chi connectivity index (χ1) is 21.7. The molecule has 1 aliphatic rings. The van der Waals surface area contributed by atoms with Gasteiger partial charge in [0.2, 0.25) is 0 Å². The second-order valence-corrected chi connectivity index (χ2v) is 11.9. The minimum atomic E-state index is -0.854. The van der Waals surface area contributed by atoms with E-state index in [0.717, 1.165) is 30.6 Å². The van der Waals surface area contributed by atoms with Crippen LogP contribution in [0.25, 0.3) is 10.8 Å². The molecule has 3 aromatic carbocycles. The predicted octanol–water partition coefficient (Wildman–Crippen LogP) is 5.20. The molecule has 0 saturated carbocycles. The Labute approximate surface area is 262 Å². The zero-order chi connectivity index (χ0) is 32.0. The molecular weight excluding hydrogens is 574 g/mol. The minimum Gasteiger partial charge on any atom is -0.494 e. The molecule has 10 nitrogen and oxygen atoms in total. The summed E-state index contributed by atoms with van der Waals surface area (Å²) in [4.78, 5) is 42.7. The highest BCUT2D eigenvalue weighted by Crippen LogP contribution is 2.36. The van der Waals surface area contributed by atoms with Crippen LogP contribution in [-0.4, -0.2) is 69.1 Å². The van der Waals surface area contributed by atoms with E-state index in [2.05, 4.69) is 15.5 Å². The fourth-order valence-electron chi connectivity index (χ4n) is 5.23. The zero-order valence-corrected chi connectivity index (χ0v) is 26.1. The van der Waals surface area contributed by atoms with Crippen molar-refractivity contribution in [1.29, 1.82) is 0 Å². The fourth-order valence-corrected chi connectivity index (χ4v) is 5.23. The van der Waals surface area contributed by atoms with Crippen LogP contribution in [0.15, 0.2) is 71.3 Å². The molecule has 0 aliphatic carbocycles. The first-order valence-corrected chi connectivity index (χ1v) is 15.0. The van der Waals surface area contributed by atoms with Gasteiger partial charge in [-0.1, -0.05) is 45.0 Å². The number of methoxy groups -OCH3 is 1. The van der Waals surface area contributed by atoms with Crippen molar-refractivity contribution in [3.05, 3.63) is 89.4 Å². The highest BCUT2D eigenvalue weighted by atomic mass is 16.5. The number of fused-ring (bicyclic) bond motifs is 1. The van der Waals surface area contributed by atoms with E-state index in [1.165, 1.54) is 13.4 Å². The third-order valence-electron chi connectivity index (χ3n) is 7.76. The molecule has 236 valence electrons. The Hall–Kier alpha value is -4.67. The van der Waals surface area contributed by atoms with Crippen molar-refractivity contribution in [1.82, 2.24) is 10.2 Å². The average molecular weight is 614 g/mol. The Bertz CT molecular complexity index is 1670. The second kappa shape index (κ2) is 14.0. The van der Waals surface area contributed by atoms with E-state index >= 15 is 0 Å². The SMILES string of the molecule is COc1c(NC(=O)C(=O)c2ccc(OCCN3CCOCC3)c3ccccc23)cc(C(C)(C)C)cc1C(=O)NCc1ccco1. The first kappa shape index (κ1) is 31.7. The number of ether oxygens (including phenoxy) is 3. The zero-order valence-electron chi connectivity index (χ0n) is 26.1. The summed E-state index contributed by atoms with van der Waals surface area (Å²) in [6, 6.07) is 17.7. The molecule has 0 atom stereocenters. The number of nitrogens with zero attached hydrogens (tertiary/aromatic N) is 1. The Kier molecular flexibility index (Phi) is 9.85. The van der Waals surface area contributed by atoms with Crippen molar-refractivity contribution < 1.29 is 33.0 Å². The standard InChI is InChI=1S/C35H39N3O7/c1-35(2,3)23-20-28(33(40)36-22-24-8-7-16-44-24)32(42-4)29(21-23)37-34(41)31(39)27-11-12-30(26-10-6-5-9-25(26)27)45-19-15-38-13-17-43-18-14-38/h5-12,16,20-21H,13-15,17-19,22H2,1-4H3,(H,36,40)(H,37,41). The predicted molar refractivity (Wildman–Crippen MR) is 171 cm³/mol. The molecule has 45 heavy (non-hydrogen) atoms. The van der Waals surface area contributed by atoms with Crippen molar-refractivity contribution in [3.8, 4) is 11.5 Å². The Morgan fingerprint density at radius 2 is 1.69 bits per heavy atom. The number of carbonyl (C=O) groups excluding carboxylic acids is 3. The number of furan rings is 1. The largest absolute Gasteiger partial charge is 0.494 e. The maximum absolute atomic E-state index is 13.6. The lowest BCUT2D eigenvalue weighted by Gasteiger charge is -2.26. The van der Waals surface area contributed by atoms with Gasteiger partial charge in [0.1, 0.15) is 18.1 Å². The van der Waals surface area contributed by atoms with E-state index in [4.69, 9.17) is 18.6 Å². The smallest absolute Gasteiger partial charge is 0.296 e. The number of Topliss-reactive ketones (excluding diaryl/α,β-unsaturated/α-hetero) is 1. The number of carbonyl (C=O) groups is 3. The number of benzene rings is 3. The lowest BCUT2D eigenvalue weighted by molar-refractivity contribution is -0.112. The van der Waals surface area contributed by atoms with Crippen LogP contribution in [0.2, 0.25) is 0 Å². The summed E-state index contributed by atoms with van der Waals surface area (Å²) >= 11 is 0. The normalized spacial score (nSPS) is 13.8. The molecular formula is C35H39N3O7. The summed E-state index contributed by atoms with van der Waals surface area (Å²) < 4.78 is 22.5. The maximum Gasteiger partial charge on any atom is 0.296 e. The monoisotopic (exact) mass is 613 g/mol. The van der Waals surface area contributed by atoms with Crippen molar-refractivity contribution in [2.45, 2.75) is 32.7 Å². The summed E-state index contributed by atoms with van der Waals surface area (Å²) in [5, 5.41) is 6.90. The van der Waals surface area contributed by atoms with E-state index in [1.54, 1.807) is 42.5 Å². The molecule has 0 spiro atoms. The number of hydrogen-bond acceptors (Lipinski definition) is 8. The molecule has 2 amide bonds. The third kappa shape index (κ3) is 7.53. The molecule has 0 bridgehead atoms. The molecule has 0 unspecified atom stereocenters. The van der Waals surface area contributed by atoms with E-state index in [9.17, 15) is 14.4 Å². The van der Waals surface area contributed by atoms with Crippen LogP contribution >= 0.6 is 0 Å². The highest BCUT2D eigenvalue weighted by Gasteiger charge is 2.27. The van der Waals surface area contributed by atoms with Gasteiger partial charge in [-0.05, 0) is 52.8 Å². The molecule has 0 radical (unpaired) electrons. The van der Waals surface area contributed by atoms with Crippen LogP contribution in [0, 0.1) is 0 Å². The summed E-state index contributed by atoms with van der Waals surface area (Å²) in [5.41, 5.74) is 1.09. The van der Waals surface area contributed by atoms with E-state index in [0.29, 0.717) is 36.7 Å². The van der Waals surface area contributed by atoms with Gasteiger partial charge in [-0.2, -0.15) is 0 Å². The van der Waals surface area contributed by atoms with Crippen LogP contribution in [0.4, 0.5) is 5.69 Å². The lowest BCUT2D eigenvalue weighted by Crippen LogP contribution is -2.38. The lowest BCUT2D eigenvalue weighted by atomic mass is 9.85. The van der Waals surface area contributed by atoms with Crippen molar-refractivity contribution in [2.24, 2.45) is 0 Å². The molecule has 2 heterocycles. The van der Waals surface area contributed by atoms with E-state index in [1.807, 2.05) is 39.0 Å². The summed E-state index contributed by atoms with van der Waals surface area (Å²) in [5.74, 6) is -0.610. The van der Waals surface area contributed by atoms with E-state index < -0.39 is 17.6 Å². The van der Waals surface area contributed by atoms with Gasteiger partial charge in [-0.15, -0.1) is 0 Å². The average Bonchev–Trinajstić information content (AvgIpc) is 3.57. The first-order valence-electron chi connectivity index (χ1n) is 15.0. The van der Waals surface area contributed by atoms with Gasteiger partial charge in [0.05, 0.1) is 44.4 Å². The molecule has 5 rings (SSSR count). The number of hydrogen-bond donors (Lipinski definition) is 2. The van der Waals surface area contributed by atoms with Gasteiger partial charge in [-0.25, -0.2) is 0 Å². The maximum atomic E-state index is 13.6. The van der Waals surface area contributed by atoms with Gasteiger partial charge in [0.15, 0.2) is 5.75 Å². The second-order valence-electron chi connectivity index (χ2n) is 11.9. The van der Waals surface area contributed by atoms with Crippen LogP contribution < -0.4 is 20.1 Å². The van der Waals surface area contributed by atoms with Gasteiger partial charge in [0.25, 0.3) is 17.6 Å². The number of amides is 2. The molecule has 1 fully saturated rings. The Morgan fingerprint density at radius 3 is 2.38 bits per heavy atom. The van der Waals surface area contributed by atoms with Gasteiger partial charge in [0, 0.05) is 30.6 Å². The quantitative estimate of drug-likeness (QED) is 0.175. The van der Waals surface area contributed by atoms with Crippen LogP contribution in [0.1, 0.15) is 52.8 Å². The molecule has 4 aromatic rings. The van der Waals surface area contributed by atoms with Gasteiger partial charge >= 0.3 is 0 Å². The summed E-state index contributed by atoms with van der Waals surface area (Å²) in [6.45, 7) is 10.6. The number of morpholine rings is 1. The Balaban J connectivity index is 1.38. The van der Waals surface area contributed by atoms with Crippen LogP contribution in [0.5, 0.6) is 11.5 Å². The molecule has 10 heteroatoms. The third-order valence-corrected chi connectivity index (χ3v) is 7.76. The van der Waals surface area contributed by atoms with E-state index in [-0.39, 0.29) is 34.5 Å². The number of anilines is 1. The van der Waals surface area contributed by atoms with Crippen molar-refractivity contribution in [3.63, 3.8) is 0 Å². The number of rotatable bonds is 11. The molecule has 2 N–H and O–H groups in total. The molecule has 1 saturated heterocycles. The van der Waals surface area contributed by atoms with Gasteiger partial charge < -0.3 is 29.3 Å². The van der Waals surface area contributed by atoms with Gasteiger partial charge in [-0.3, -0.25) is 19.3 Å². The number of ketones is 1. The van der Waals surface area contributed by atoms with Crippen molar-refractivity contribution >= 4 is 34.1 Å². The Morgan fingerprint density at radius 1 is 0.933 bits per heavy atom. The topological polar surface area (TPSA) is 119 Å². The van der Waals surface area contributed by atoms with Crippen LogP contribution in [-0.2, 0) is 21.5 Å². The van der Waals surface area contributed by atoms with Crippen LogP contribution in [0.3, 0.4) is 0 Å².